The van der Waals surface area contributed by atoms with Crippen LogP contribution in [-0.2, 0) is 4.74 Å². The van der Waals surface area contributed by atoms with Crippen LogP contribution in [0.2, 0.25) is 0 Å². The lowest BCUT2D eigenvalue weighted by Gasteiger charge is -2.17. The first-order valence-electron chi connectivity index (χ1n) is 6.89. The van der Waals surface area contributed by atoms with E-state index in [1.54, 1.807) is 0 Å². The van der Waals surface area contributed by atoms with E-state index in [0.717, 1.165) is 0 Å². The fraction of sp³-hybridized carbons (Fsp3) is 0.583. The third-order valence-corrected chi connectivity index (χ3v) is 3.73. The number of nitrogens with zero attached hydrogens (tertiary/aromatic N) is 4. The van der Waals surface area contributed by atoms with E-state index in [0.29, 0.717) is 0 Å². The number of aromatic nitrogens is 4. The van der Waals surface area contributed by atoms with Crippen molar-refractivity contribution < 1.29 is 30.3 Å². The normalized spacial score (nSPS) is 29.3. The maximum Gasteiger partial charge on any atom is 0.168 e. The summed E-state index contributed by atoms with van der Waals surface area (Å²) in [5.74, 6) is -0.117. The molecule has 23 heavy (non-hydrogen) atoms. The molecule has 1 fully saturated rings. The van der Waals surface area contributed by atoms with Gasteiger partial charge in [-0.25, -0.2) is 15.0 Å². The van der Waals surface area contributed by atoms with Gasteiger partial charge in [0, 0.05) is 0 Å². The van der Waals surface area contributed by atoms with Gasteiger partial charge < -0.3 is 36.0 Å². The number of nitrogens with two attached hydrogens (primary N) is 1. The van der Waals surface area contributed by atoms with E-state index in [2.05, 4.69) is 15.0 Å². The molecule has 2 aromatic rings. The monoisotopic (exact) mass is 327 g/mol. The molecule has 0 saturated carbocycles. The molecule has 2 aromatic heterocycles. The van der Waals surface area contributed by atoms with Crippen LogP contribution in [0.25, 0.3) is 11.2 Å². The highest BCUT2D eigenvalue weighted by Crippen LogP contribution is 2.32. The van der Waals surface area contributed by atoms with Crippen LogP contribution in [0, 0.1) is 0 Å². The molecular formula is C12H17N5O6. The van der Waals surface area contributed by atoms with E-state index in [1.807, 2.05) is 0 Å². The Kier molecular flexibility index (Phi) is 4.14. The number of ether oxygens (including phenoxy) is 1. The minimum absolute atomic E-state index is 0.0111. The number of hydrogen-bond donors (Lipinski definition) is 6. The average molecular weight is 327 g/mol. The zero-order chi connectivity index (χ0) is 16.7. The summed E-state index contributed by atoms with van der Waals surface area (Å²) in [5.41, 5.74) is 6.15. The van der Waals surface area contributed by atoms with Crippen LogP contribution in [0.15, 0.2) is 6.33 Å². The van der Waals surface area contributed by atoms with Crippen molar-refractivity contribution in [3.63, 3.8) is 0 Å². The van der Waals surface area contributed by atoms with Gasteiger partial charge in [0.1, 0.15) is 29.9 Å². The highest BCUT2D eigenvalue weighted by molar-refractivity contribution is 5.81. The number of hydrogen-bond acceptors (Lipinski definition) is 10. The molecular weight excluding hydrogens is 310 g/mol. The van der Waals surface area contributed by atoms with E-state index in [4.69, 9.17) is 20.7 Å². The Morgan fingerprint density at radius 1 is 1.26 bits per heavy atom. The second kappa shape index (κ2) is 5.96. The van der Waals surface area contributed by atoms with Crippen LogP contribution >= 0.6 is 0 Å². The predicted octanol–water partition coefficient (Wildman–Crippen LogP) is -2.95. The Balaban J connectivity index is 2.07. The quantitative estimate of drug-likeness (QED) is 0.340. The van der Waals surface area contributed by atoms with E-state index >= 15 is 0 Å². The molecule has 0 unspecified atom stereocenters. The smallest absolute Gasteiger partial charge is 0.168 e. The number of nitrogen functional groups attached to an aromatic ring is 1. The molecule has 1 aliphatic rings. The number of aliphatic hydroxyl groups excluding tert-OH is 5. The van der Waals surface area contributed by atoms with Crippen LogP contribution in [-0.4, -0.2) is 76.6 Å². The standard InChI is InChI=1S/C12H17N5O6/c13-9-6-11(16-10(15-9)4(20)1-18)17(3-14-6)12-8(22)7(21)5(2-19)23-12/h3-5,7-8,12,18-22H,1-2H2,(H2,13,15,16)/t4-,5+,7+,8+,12+/m0/s1. The molecule has 1 saturated heterocycles. The van der Waals surface area contributed by atoms with Gasteiger partial charge in [0.2, 0.25) is 0 Å². The Morgan fingerprint density at radius 2 is 2.00 bits per heavy atom. The fourth-order valence-electron chi connectivity index (χ4n) is 2.48. The Morgan fingerprint density at radius 3 is 2.61 bits per heavy atom. The summed E-state index contributed by atoms with van der Waals surface area (Å²) >= 11 is 0. The number of aliphatic hydroxyl groups is 5. The van der Waals surface area contributed by atoms with Crippen molar-refractivity contribution in [2.75, 3.05) is 18.9 Å². The van der Waals surface area contributed by atoms with Gasteiger partial charge in [0.15, 0.2) is 23.5 Å². The summed E-state index contributed by atoms with van der Waals surface area (Å²) < 4.78 is 6.74. The lowest BCUT2D eigenvalue weighted by molar-refractivity contribution is -0.0511. The molecule has 3 heterocycles. The molecule has 0 spiro atoms. The number of imidazole rings is 1. The third kappa shape index (κ3) is 2.52. The number of fused-ring (bicyclic) bond motifs is 1. The van der Waals surface area contributed by atoms with Gasteiger partial charge >= 0.3 is 0 Å². The first-order chi connectivity index (χ1) is 11.0. The molecule has 7 N–H and O–H groups in total. The van der Waals surface area contributed by atoms with Gasteiger partial charge in [-0.3, -0.25) is 4.57 Å². The molecule has 0 aliphatic carbocycles. The molecule has 5 atom stereocenters. The Hall–Kier alpha value is -1.89. The molecule has 1 aliphatic heterocycles. The van der Waals surface area contributed by atoms with Gasteiger partial charge in [-0.05, 0) is 0 Å². The lowest BCUT2D eigenvalue weighted by atomic mass is 10.1. The van der Waals surface area contributed by atoms with Crippen molar-refractivity contribution in [2.45, 2.75) is 30.6 Å². The van der Waals surface area contributed by atoms with E-state index in [9.17, 15) is 15.3 Å². The summed E-state index contributed by atoms with van der Waals surface area (Å²) in [5, 5.41) is 47.7. The van der Waals surface area contributed by atoms with Crippen LogP contribution in [0.4, 0.5) is 5.82 Å². The molecule has 0 amide bonds. The van der Waals surface area contributed by atoms with Crippen molar-refractivity contribution >= 4 is 17.0 Å². The summed E-state index contributed by atoms with van der Waals surface area (Å²) in [6.07, 6.45) is -4.61. The molecule has 11 nitrogen and oxygen atoms in total. The Labute approximate surface area is 129 Å². The van der Waals surface area contributed by atoms with E-state index in [-0.39, 0.29) is 22.8 Å². The van der Waals surface area contributed by atoms with Crippen LogP contribution in [0.3, 0.4) is 0 Å². The largest absolute Gasteiger partial charge is 0.394 e. The molecule has 0 bridgehead atoms. The number of rotatable bonds is 4. The molecule has 3 rings (SSSR count). The second-order valence-corrected chi connectivity index (χ2v) is 5.22. The van der Waals surface area contributed by atoms with Crippen molar-refractivity contribution in [1.29, 1.82) is 0 Å². The third-order valence-electron chi connectivity index (χ3n) is 3.73. The van der Waals surface area contributed by atoms with Crippen LogP contribution < -0.4 is 5.73 Å². The molecule has 0 aromatic carbocycles. The minimum Gasteiger partial charge on any atom is -0.394 e. The van der Waals surface area contributed by atoms with Gasteiger partial charge in [-0.15, -0.1) is 0 Å². The number of anilines is 1. The SMILES string of the molecule is Nc1nc([C@@H](O)CO)nc2c1ncn2[C@@H]1O[C@H](CO)[C@@H](O)[C@H]1O. The zero-order valence-electron chi connectivity index (χ0n) is 11.9. The van der Waals surface area contributed by atoms with Gasteiger partial charge in [0.05, 0.1) is 19.5 Å². The lowest BCUT2D eigenvalue weighted by Crippen LogP contribution is -2.33. The van der Waals surface area contributed by atoms with Crippen molar-refractivity contribution in [2.24, 2.45) is 0 Å². The summed E-state index contributed by atoms with van der Waals surface area (Å²) in [6, 6.07) is 0. The minimum atomic E-state index is -1.32. The average Bonchev–Trinajstić information content (AvgIpc) is 3.09. The van der Waals surface area contributed by atoms with Gasteiger partial charge in [-0.2, -0.15) is 0 Å². The van der Waals surface area contributed by atoms with Gasteiger partial charge in [-0.1, -0.05) is 0 Å². The molecule has 126 valence electrons. The fourth-order valence-corrected chi connectivity index (χ4v) is 2.48. The first kappa shape index (κ1) is 16.0. The highest BCUT2D eigenvalue weighted by atomic mass is 16.6. The van der Waals surface area contributed by atoms with Crippen molar-refractivity contribution in [1.82, 2.24) is 19.5 Å². The second-order valence-electron chi connectivity index (χ2n) is 5.22. The van der Waals surface area contributed by atoms with Crippen molar-refractivity contribution in [3.8, 4) is 0 Å². The van der Waals surface area contributed by atoms with E-state index in [1.165, 1.54) is 10.9 Å². The predicted molar refractivity (Wildman–Crippen MR) is 74.8 cm³/mol. The summed E-state index contributed by atoms with van der Waals surface area (Å²) in [6.45, 7) is -1.06. The van der Waals surface area contributed by atoms with Crippen LogP contribution in [0.5, 0.6) is 0 Å². The maximum absolute atomic E-state index is 10.1. The van der Waals surface area contributed by atoms with E-state index < -0.39 is 43.9 Å². The molecule has 0 radical (unpaired) electrons. The van der Waals surface area contributed by atoms with Crippen LogP contribution in [0.1, 0.15) is 18.2 Å². The first-order valence-corrected chi connectivity index (χ1v) is 6.89. The maximum atomic E-state index is 10.1. The zero-order valence-corrected chi connectivity index (χ0v) is 11.9. The van der Waals surface area contributed by atoms with Gasteiger partial charge in [0.25, 0.3) is 0 Å². The topological polar surface area (TPSA) is 180 Å². The van der Waals surface area contributed by atoms with Crippen molar-refractivity contribution in [3.05, 3.63) is 12.2 Å². The Bertz CT molecular complexity index is 709. The highest BCUT2D eigenvalue weighted by Gasteiger charge is 2.44. The summed E-state index contributed by atoms with van der Waals surface area (Å²) in [4.78, 5) is 12.0. The summed E-state index contributed by atoms with van der Waals surface area (Å²) in [7, 11) is 0. The molecule has 11 heteroatoms.